The Hall–Kier alpha value is -3.10. The van der Waals surface area contributed by atoms with E-state index in [2.05, 4.69) is 33.7 Å². The highest BCUT2D eigenvalue weighted by Gasteiger charge is 2.13. The molecule has 2 N–H and O–H groups in total. The van der Waals surface area contributed by atoms with Gasteiger partial charge in [0.15, 0.2) is 5.75 Å². The van der Waals surface area contributed by atoms with Crippen LogP contribution in [0.2, 0.25) is 0 Å². The Bertz CT molecular complexity index is 894. The van der Waals surface area contributed by atoms with Crippen molar-refractivity contribution in [2.45, 2.75) is 26.9 Å². The first-order chi connectivity index (χ1) is 12.2. The fourth-order valence-electron chi connectivity index (χ4n) is 2.63. The molecule has 3 rings (SSSR count). The van der Waals surface area contributed by atoms with Crippen LogP contribution in [0, 0.1) is 25.2 Å². The van der Waals surface area contributed by atoms with Gasteiger partial charge in [-0.2, -0.15) is 10.4 Å². The lowest BCUT2D eigenvalue weighted by atomic mass is 10.1. The van der Waals surface area contributed by atoms with E-state index in [4.69, 9.17) is 10.00 Å². The van der Waals surface area contributed by atoms with E-state index in [-0.39, 0.29) is 0 Å². The zero-order chi connectivity index (χ0) is 17.6. The molecule has 3 aromatic rings. The summed E-state index contributed by atoms with van der Waals surface area (Å²) in [5.74, 6) is 1.35. The third-order valence-electron chi connectivity index (χ3n) is 3.83. The summed E-state index contributed by atoms with van der Waals surface area (Å²) < 4.78 is 6.02. The van der Waals surface area contributed by atoms with Crippen molar-refractivity contribution in [3.63, 3.8) is 0 Å². The largest absolute Gasteiger partial charge is 0.453 e. The molecular formula is C20H20N4O. The van der Waals surface area contributed by atoms with E-state index in [1.54, 1.807) is 6.07 Å². The van der Waals surface area contributed by atoms with E-state index in [0.717, 1.165) is 23.5 Å². The van der Waals surface area contributed by atoms with Crippen molar-refractivity contribution in [2.75, 3.05) is 0 Å². The minimum Gasteiger partial charge on any atom is -0.453 e. The van der Waals surface area contributed by atoms with Gasteiger partial charge in [-0.05, 0) is 43.2 Å². The molecule has 2 aromatic carbocycles. The maximum Gasteiger partial charge on any atom is 0.172 e. The van der Waals surface area contributed by atoms with Crippen LogP contribution in [-0.4, -0.2) is 10.2 Å². The quantitative estimate of drug-likeness (QED) is 0.716. The van der Waals surface area contributed by atoms with E-state index >= 15 is 0 Å². The van der Waals surface area contributed by atoms with E-state index in [9.17, 15) is 0 Å². The first-order valence-electron chi connectivity index (χ1n) is 8.14. The summed E-state index contributed by atoms with van der Waals surface area (Å²) in [6.07, 6.45) is 0. The number of nitrogens with one attached hydrogen (secondary N) is 2. The third kappa shape index (κ3) is 4.25. The van der Waals surface area contributed by atoms with Crippen molar-refractivity contribution >= 4 is 0 Å². The van der Waals surface area contributed by atoms with Crippen molar-refractivity contribution < 1.29 is 4.74 Å². The van der Waals surface area contributed by atoms with Gasteiger partial charge in [0.2, 0.25) is 0 Å². The number of nitriles is 1. The highest BCUT2D eigenvalue weighted by Crippen LogP contribution is 2.28. The van der Waals surface area contributed by atoms with Crippen molar-refractivity contribution in [3.8, 4) is 17.6 Å². The molecule has 25 heavy (non-hydrogen) atoms. The zero-order valence-corrected chi connectivity index (χ0v) is 14.3. The Morgan fingerprint density at radius 1 is 1.12 bits per heavy atom. The summed E-state index contributed by atoms with van der Waals surface area (Å²) in [6.45, 7) is 5.21. The summed E-state index contributed by atoms with van der Waals surface area (Å²) in [4.78, 5) is 0. The minimum absolute atomic E-state index is 0.583. The second-order valence-corrected chi connectivity index (χ2v) is 5.96. The molecule has 0 aliphatic rings. The molecule has 0 aliphatic heterocycles. The van der Waals surface area contributed by atoms with Crippen LogP contribution in [0.3, 0.4) is 0 Å². The van der Waals surface area contributed by atoms with E-state index < -0.39 is 0 Å². The second-order valence-electron chi connectivity index (χ2n) is 5.96. The molecule has 0 radical (unpaired) electrons. The summed E-state index contributed by atoms with van der Waals surface area (Å²) in [6, 6.07) is 17.8. The number of ether oxygens (including phenoxy) is 1. The van der Waals surface area contributed by atoms with Gasteiger partial charge in [-0.15, -0.1) is 0 Å². The van der Waals surface area contributed by atoms with Crippen LogP contribution < -0.4 is 10.1 Å². The van der Waals surface area contributed by atoms with E-state index in [1.807, 2.05) is 44.2 Å². The first kappa shape index (κ1) is 16.7. The van der Waals surface area contributed by atoms with E-state index in [0.29, 0.717) is 23.6 Å². The van der Waals surface area contributed by atoms with Crippen molar-refractivity contribution in [2.24, 2.45) is 0 Å². The number of aromatic nitrogens is 2. The maximum absolute atomic E-state index is 9.11. The highest BCUT2D eigenvalue weighted by atomic mass is 16.5. The standard InChI is InChI=1S/C20H20N4O/c1-14-8-17(11-21)10-18(9-14)25-20-15(2)23-24-19(20)13-22-12-16-6-4-3-5-7-16/h3-10,22H,12-13H2,1-2H3,(H,23,24). The maximum atomic E-state index is 9.11. The predicted octanol–water partition coefficient (Wildman–Crippen LogP) is 3.98. The lowest BCUT2D eigenvalue weighted by Gasteiger charge is -2.09. The highest BCUT2D eigenvalue weighted by molar-refractivity contribution is 5.44. The molecule has 0 saturated carbocycles. The summed E-state index contributed by atoms with van der Waals surface area (Å²) >= 11 is 0. The fourth-order valence-corrected chi connectivity index (χ4v) is 2.63. The molecular weight excluding hydrogens is 312 g/mol. The molecule has 0 saturated heterocycles. The third-order valence-corrected chi connectivity index (χ3v) is 3.83. The number of benzene rings is 2. The van der Waals surface area contributed by atoms with Gasteiger partial charge in [0.25, 0.3) is 0 Å². The topological polar surface area (TPSA) is 73.7 Å². The SMILES string of the molecule is Cc1cc(C#N)cc(Oc2c(CNCc3ccccc3)n[nH]c2C)c1. The normalized spacial score (nSPS) is 10.4. The number of rotatable bonds is 6. The van der Waals surface area contributed by atoms with Gasteiger partial charge in [-0.1, -0.05) is 30.3 Å². The number of hydrogen-bond donors (Lipinski definition) is 2. The Morgan fingerprint density at radius 3 is 2.68 bits per heavy atom. The molecule has 0 amide bonds. The molecule has 5 nitrogen and oxygen atoms in total. The molecule has 0 unspecified atom stereocenters. The lowest BCUT2D eigenvalue weighted by Crippen LogP contribution is -2.13. The number of aromatic amines is 1. The lowest BCUT2D eigenvalue weighted by molar-refractivity contribution is 0.468. The van der Waals surface area contributed by atoms with Gasteiger partial charge in [-0.25, -0.2) is 0 Å². The number of H-pyrrole nitrogens is 1. The molecule has 5 heteroatoms. The smallest absolute Gasteiger partial charge is 0.172 e. The summed E-state index contributed by atoms with van der Waals surface area (Å²) in [5, 5.41) is 19.8. The molecule has 0 aliphatic carbocycles. The van der Waals surface area contributed by atoms with Crippen molar-refractivity contribution in [3.05, 3.63) is 76.6 Å². The molecule has 1 aromatic heterocycles. The number of nitrogens with zero attached hydrogens (tertiary/aromatic N) is 2. The Labute approximate surface area is 147 Å². The Morgan fingerprint density at radius 2 is 1.92 bits per heavy atom. The molecule has 126 valence electrons. The fraction of sp³-hybridized carbons (Fsp3) is 0.200. The molecule has 1 heterocycles. The predicted molar refractivity (Wildman–Crippen MR) is 96.3 cm³/mol. The second kappa shape index (κ2) is 7.65. The van der Waals surface area contributed by atoms with Gasteiger partial charge < -0.3 is 10.1 Å². The van der Waals surface area contributed by atoms with E-state index in [1.165, 1.54) is 5.56 Å². The van der Waals surface area contributed by atoms with Crippen LogP contribution in [0.15, 0.2) is 48.5 Å². The number of hydrogen-bond acceptors (Lipinski definition) is 4. The van der Waals surface area contributed by atoms with Crippen LogP contribution in [-0.2, 0) is 13.1 Å². The summed E-state index contributed by atoms with van der Waals surface area (Å²) in [5.41, 5.74) is 4.46. The monoisotopic (exact) mass is 332 g/mol. The molecule has 0 bridgehead atoms. The minimum atomic E-state index is 0.583. The van der Waals surface area contributed by atoms with Crippen LogP contribution in [0.25, 0.3) is 0 Å². The van der Waals surface area contributed by atoms with Gasteiger partial charge in [0.05, 0.1) is 17.3 Å². The van der Waals surface area contributed by atoms with Crippen LogP contribution >= 0.6 is 0 Å². The molecule has 0 fully saturated rings. The van der Waals surface area contributed by atoms with Crippen LogP contribution in [0.5, 0.6) is 11.5 Å². The molecule has 0 spiro atoms. The zero-order valence-electron chi connectivity index (χ0n) is 14.3. The Kier molecular flexibility index (Phi) is 5.12. The van der Waals surface area contributed by atoms with Crippen LogP contribution in [0.4, 0.5) is 0 Å². The van der Waals surface area contributed by atoms with Gasteiger partial charge >= 0.3 is 0 Å². The van der Waals surface area contributed by atoms with Gasteiger partial charge in [-0.3, -0.25) is 5.10 Å². The molecule has 0 atom stereocenters. The van der Waals surface area contributed by atoms with Crippen molar-refractivity contribution in [1.82, 2.24) is 15.5 Å². The van der Waals surface area contributed by atoms with Crippen LogP contribution in [0.1, 0.15) is 28.1 Å². The average molecular weight is 332 g/mol. The van der Waals surface area contributed by atoms with Gasteiger partial charge in [0.1, 0.15) is 11.4 Å². The summed E-state index contributed by atoms with van der Waals surface area (Å²) in [7, 11) is 0. The van der Waals surface area contributed by atoms with Crippen molar-refractivity contribution in [1.29, 1.82) is 5.26 Å². The average Bonchev–Trinajstić information content (AvgIpc) is 2.95. The first-order valence-corrected chi connectivity index (χ1v) is 8.14. The van der Waals surface area contributed by atoms with Gasteiger partial charge in [0, 0.05) is 13.1 Å². The number of aryl methyl sites for hydroxylation is 2. The Balaban J connectivity index is 1.71.